The number of hydrogen-bond donors (Lipinski definition) is 0. The number of imide groups is 1. The molecule has 3 rings (SSSR count). The third kappa shape index (κ3) is 0.281. The minimum atomic E-state index is -2.69. The smallest absolute Gasteiger partial charge is 0.268 e. The third-order valence-electron chi connectivity index (χ3n) is 2.19. The van der Waals surface area contributed by atoms with Crippen LogP contribution >= 0.6 is 7.44 Å². The second kappa shape index (κ2) is 1.06. The van der Waals surface area contributed by atoms with Crippen molar-refractivity contribution in [3.63, 3.8) is 0 Å². The van der Waals surface area contributed by atoms with Gasteiger partial charge in [0.25, 0.3) is 5.91 Å². The number of rotatable bonds is 0. The van der Waals surface area contributed by atoms with Gasteiger partial charge in [0.1, 0.15) is 5.44 Å². The molecule has 1 atom stereocenters. The lowest BCUT2D eigenvalue weighted by Crippen LogP contribution is -2.43. The molecule has 56 valence electrons. The molecule has 0 N–H and O–H groups in total. The van der Waals surface area contributed by atoms with Crippen LogP contribution in [0.15, 0.2) is 11.0 Å². The van der Waals surface area contributed by atoms with Crippen LogP contribution in [-0.2, 0) is 9.36 Å². The molecule has 0 aromatic rings. The van der Waals surface area contributed by atoms with E-state index in [9.17, 15) is 14.2 Å². The fraction of sp³-hybridized carbons (Fsp3) is 0.200. The molecule has 0 aromatic carbocycles. The van der Waals surface area contributed by atoms with Gasteiger partial charge in [0.05, 0.1) is 0 Å². The Labute approximate surface area is 61.7 Å². The van der Waals surface area contributed by atoms with Gasteiger partial charge < -0.3 is 0 Å². The van der Waals surface area contributed by atoms with Gasteiger partial charge in [-0.25, -0.2) is 9.46 Å². The zero-order valence-corrected chi connectivity index (χ0v) is 6.46. The van der Waals surface area contributed by atoms with Gasteiger partial charge in [-0.3, -0.25) is 9.36 Å². The Balaban J connectivity index is 2.38. The molecule has 6 heteroatoms. The topological polar surface area (TPSA) is 57.5 Å². The third-order valence-corrected chi connectivity index (χ3v) is 4.90. The maximum atomic E-state index is 11.5. The largest absolute Gasteiger partial charge is 0.346 e. The highest BCUT2D eigenvalue weighted by Crippen LogP contribution is 2.89. The Kier molecular flexibility index (Phi) is 0.536. The highest BCUT2D eigenvalue weighted by atomic mass is 31.2. The highest BCUT2D eigenvalue weighted by molar-refractivity contribution is 7.77. The summed E-state index contributed by atoms with van der Waals surface area (Å²) in [6.45, 7) is 1.59. The van der Waals surface area contributed by atoms with E-state index in [-0.39, 0.29) is 5.91 Å². The molecule has 0 radical (unpaired) electrons. The normalized spacial score (nSPS) is 37.9. The molecule has 3 amide bonds. The first kappa shape index (κ1) is 5.55. The highest BCUT2D eigenvalue weighted by Gasteiger charge is 2.82. The van der Waals surface area contributed by atoms with Gasteiger partial charge in [-0.05, 0) is 6.92 Å². The lowest BCUT2D eigenvalue weighted by molar-refractivity contribution is -0.121. The predicted octanol–water partition coefficient (Wildman–Crippen LogP) is 0.702. The van der Waals surface area contributed by atoms with Gasteiger partial charge in [0.15, 0.2) is 0 Å². The van der Waals surface area contributed by atoms with E-state index in [0.29, 0.717) is 11.0 Å². The van der Waals surface area contributed by atoms with Gasteiger partial charge in [0, 0.05) is 5.57 Å². The molecule has 3 heterocycles. The van der Waals surface area contributed by atoms with E-state index in [1.54, 1.807) is 6.92 Å². The number of hydrogen-bond acceptors (Lipinski definition) is 3. The molecule has 0 spiro atoms. The molecule has 0 bridgehead atoms. The molecule has 11 heavy (non-hydrogen) atoms. The molecule has 0 saturated carbocycles. The summed E-state index contributed by atoms with van der Waals surface area (Å²) in [6, 6.07) is -0.418. The van der Waals surface area contributed by atoms with E-state index in [0.717, 1.165) is 4.67 Å². The van der Waals surface area contributed by atoms with Gasteiger partial charge in [-0.1, -0.05) is 0 Å². The quantitative estimate of drug-likeness (QED) is 0.397. The monoisotopic (exact) mass is 170 g/mol. The van der Waals surface area contributed by atoms with Crippen LogP contribution in [0.3, 0.4) is 0 Å². The molecule has 3 aliphatic heterocycles. The standard InChI is InChI=1S/C5H3N2O3P/c1-2-3(8)6-5(9)7-4(2)11(6,7)10/h1H3. The summed E-state index contributed by atoms with van der Waals surface area (Å²) in [7, 11) is -2.69. The second-order valence-electron chi connectivity index (χ2n) is 2.70. The van der Waals surface area contributed by atoms with Crippen LogP contribution in [0.1, 0.15) is 6.92 Å². The molecule has 1 unspecified atom stereocenters. The first-order chi connectivity index (χ1) is 5.10. The molecule has 0 aromatic heterocycles. The van der Waals surface area contributed by atoms with Crippen LogP contribution in [0, 0.1) is 0 Å². The Morgan fingerprint density at radius 3 is 2.27 bits per heavy atom. The van der Waals surface area contributed by atoms with E-state index in [1.807, 2.05) is 0 Å². The van der Waals surface area contributed by atoms with Crippen LogP contribution in [0.5, 0.6) is 0 Å². The second-order valence-corrected chi connectivity index (χ2v) is 5.02. The Morgan fingerprint density at radius 1 is 1.27 bits per heavy atom. The number of nitrogens with zero attached hydrogens (tertiary/aromatic N) is 2. The van der Waals surface area contributed by atoms with E-state index >= 15 is 0 Å². The molecular weight excluding hydrogens is 167 g/mol. The van der Waals surface area contributed by atoms with E-state index < -0.39 is 13.5 Å². The Hall–Kier alpha value is -1.09. The molecule has 2 fully saturated rings. The lowest BCUT2D eigenvalue weighted by Gasteiger charge is -2.26. The zero-order valence-electron chi connectivity index (χ0n) is 5.57. The van der Waals surface area contributed by atoms with E-state index in [1.165, 1.54) is 4.67 Å². The number of urea groups is 1. The first-order valence-corrected chi connectivity index (χ1v) is 4.72. The van der Waals surface area contributed by atoms with Crippen molar-refractivity contribution < 1.29 is 14.2 Å². The van der Waals surface area contributed by atoms with Gasteiger partial charge in [-0.2, -0.15) is 4.67 Å². The lowest BCUT2D eigenvalue weighted by atomic mass is 10.3. The summed E-state index contributed by atoms with van der Waals surface area (Å²) in [5.41, 5.74) is 0.931. The van der Waals surface area contributed by atoms with Crippen LogP contribution in [0.2, 0.25) is 0 Å². The summed E-state index contributed by atoms with van der Waals surface area (Å²) >= 11 is 0. The SMILES string of the molecule is CC1=C2N3C(=O)N(C1=O)P23=O. The fourth-order valence-electron chi connectivity index (χ4n) is 1.60. The minimum absolute atomic E-state index is 0.379. The van der Waals surface area contributed by atoms with Gasteiger partial charge >= 0.3 is 13.5 Å². The van der Waals surface area contributed by atoms with Gasteiger partial charge in [0.2, 0.25) is 0 Å². The number of fused-ring (bicyclic) bond motifs is 1. The van der Waals surface area contributed by atoms with Crippen molar-refractivity contribution in [1.82, 2.24) is 9.34 Å². The van der Waals surface area contributed by atoms with Crippen molar-refractivity contribution in [2.24, 2.45) is 0 Å². The van der Waals surface area contributed by atoms with Crippen molar-refractivity contribution in [2.45, 2.75) is 6.92 Å². The molecule has 0 aliphatic carbocycles. The van der Waals surface area contributed by atoms with Crippen LogP contribution < -0.4 is 0 Å². The van der Waals surface area contributed by atoms with E-state index in [2.05, 4.69) is 0 Å². The Bertz CT molecular complexity index is 410. The van der Waals surface area contributed by atoms with Crippen molar-refractivity contribution in [1.29, 1.82) is 0 Å². The molecule has 2 saturated heterocycles. The van der Waals surface area contributed by atoms with Crippen LogP contribution in [0.4, 0.5) is 4.79 Å². The Morgan fingerprint density at radius 2 is 1.91 bits per heavy atom. The summed E-state index contributed by atoms with van der Waals surface area (Å²) < 4.78 is 13.5. The summed E-state index contributed by atoms with van der Waals surface area (Å²) in [4.78, 5) is 21.9. The number of amides is 3. The fourth-order valence-corrected chi connectivity index (χ4v) is 4.27. The summed E-state index contributed by atoms with van der Waals surface area (Å²) in [5, 5.41) is 0. The summed E-state index contributed by atoms with van der Waals surface area (Å²) in [5.74, 6) is -0.379. The predicted molar refractivity (Wildman–Crippen MR) is 34.4 cm³/mol. The number of carbonyl (C=O) groups excluding carboxylic acids is 2. The zero-order chi connectivity index (χ0) is 7.96. The van der Waals surface area contributed by atoms with Crippen molar-refractivity contribution in [2.75, 3.05) is 0 Å². The average molecular weight is 170 g/mol. The maximum absolute atomic E-state index is 11.5. The minimum Gasteiger partial charge on any atom is -0.268 e. The van der Waals surface area contributed by atoms with Gasteiger partial charge in [-0.15, -0.1) is 0 Å². The maximum Gasteiger partial charge on any atom is 0.346 e. The van der Waals surface area contributed by atoms with Crippen LogP contribution in [-0.4, -0.2) is 21.3 Å². The first-order valence-electron chi connectivity index (χ1n) is 3.11. The van der Waals surface area contributed by atoms with Crippen molar-refractivity contribution in [3.05, 3.63) is 11.0 Å². The molecule has 3 aliphatic rings. The van der Waals surface area contributed by atoms with Crippen molar-refractivity contribution >= 4 is 19.4 Å². The molecular formula is C5H3N2O3P. The molecule has 5 nitrogen and oxygen atoms in total. The van der Waals surface area contributed by atoms with E-state index in [4.69, 9.17) is 0 Å². The average Bonchev–Trinajstić information content (AvgIpc) is 2.43. The summed E-state index contributed by atoms with van der Waals surface area (Å²) in [6.07, 6.45) is 0. The van der Waals surface area contributed by atoms with Crippen molar-refractivity contribution in [3.8, 4) is 0 Å². The number of carbonyl (C=O) groups is 2. The van der Waals surface area contributed by atoms with Crippen LogP contribution in [0.25, 0.3) is 0 Å².